The van der Waals surface area contributed by atoms with E-state index in [1.807, 2.05) is 32.0 Å². The van der Waals surface area contributed by atoms with Crippen molar-refractivity contribution in [1.82, 2.24) is 9.88 Å². The molecule has 1 amide bonds. The van der Waals surface area contributed by atoms with E-state index in [9.17, 15) is 4.79 Å². The Hall–Kier alpha value is -2.44. The fourth-order valence-corrected chi connectivity index (χ4v) is 4.78. The van der Waals surface area contributed by atoms with Crippen molar-refractivity contribution < 1.29 is 9.53 Å². The number of rotatable bonds is 4. The molecule has 7 nitrogen and oxygen atoms in total. The Balaban J connectivity index is 0.00000306. The summed E-state index contributed by atoms with van der Waals surface area (Å²) in [7, 11) is 2.11. The highest BCUT2D eigenvalue weighted by Gasteiger charge is 2.50. The molecular formula is C23H25Cl2N5O2S. The summed E-state index contributed by atoms with van der Waals surface area (Å²) in [6, 6.07) is 10.5. The summed E-state index contributed by atoms with van der Waals surface area (Å²) < 4.78 is 6.04. The van der Waals surface area contributed by atoms with Gasteiger partial charge in [0.05, 0.1) is 28.2 Å². The first-order chi connectivity index (χ1) is 15.2. The third kappa shape index (κ3) is 4.78. The Morgan fingerprint density at radius 3 is 2.45 bits per heavy atom. The summed E-state index contributed by atoms with van der Waals surface area (Å²) in [6.45, 7) is 5.65. The molecule has 2 aliphatic heterocycles. The van der Waals surface area contributed by atoms with Crippen molar-refractivity contribution in [3.05, 3.63) is 47.1 Å². The predicted octanol–water partition coefficient (Wildman–Crippen LogP) is 4.42. The van der Waals surface area contributed by atoms with Gasteiger partial charge in [-0.25, -0.2) is 4.98 Å². The minimum Gasteiger partial charge on any atom is -0.474 e. The number of piperidine rings is 1. The van der Waals surface area contributed by atoms with Crippen LogP contribution in [0.25, 0.3) is 0 Å². The van der Waals surface area contributed by atoms with Gasteiger partial charge in [-0.15, -0.1) is 12.4 Å². The van der Waals surface area contributed by atoms with Crippen LogP contribution >= 0.6 is 36.2 Å². The zero-order valence-electron chi connectivity index (χ0n) is 18.6. The summed E-state index contributed by atoms with van der Waals surface area (Å²) in [5.74, 6) is 0.378. The number of halogens is 2. The Morgan fingerprint density at radius 2 is 1.88 bits per heavy atom. The number of benzene rings is 1. The van der Waals surface area contributed by atoms with E-state index < -0.39 is 5.54 Å². The maximum absolute atomic E-state index is 13.3. The largest absolute Gasteiger partial charge is 0.474 e. The monoisotopic (exact) mass is 505 g/mol. The molecule has 0 spiro atoms. The van der Waals surface area contributed by atoms with Gasteiger partial charge in [-0.2, -0.15) is 5.26 Å². The van der Waals surface area contributed by atoms with Crippen LogP contribution in [0.1, 0.15) is 32.3 Å². The van der Waals surface area contributed by atoms with E-state index in [2.05, 4.69) is 16.9 Å². The molecule has 0 N–H and O–H groups in total. The van der Waals surface area contributed by atoms with Crippen molar-refractivity contribution in [2.75, 3.05) is 29.9 Å². The molecule has 0 saturated carbocycles. The number of pyridine rings is 1. The van der Waals surface area contributed by atoms with Gasteiger partial charge < -0.3 is 14.5 Å². The average Bonchev–Trinajstić information content (AvgIpc) is 2.94. The molecule has 0 aliphatic carbocycles. The van der Waals surface area contributed by atoms with E-state index in [0.717, 1.165) is 25.9 Å². The zero-order chi connectivity index (χ0) is 23.0. The lowest BCUT2D eigenvalue weighted by Gasteiger charge is -2.30. The van der Waals surface area contributed by atoms with Crippen molar-refractivity contribution in [3.63, 3.8) is 0 Å². The van der Waals surface area contributed by atoms with E-state index in [4.69, 9.17) is 33.8 Å². The third-order valence-electron chi connectivity index (χ3n) is 5.93. The molecule has 1 aromatic heterocycles. The van der Waals surface area contributed by atoms with Crippen molar-refractivity contribution in [2.45, 2.75) is 38.3 Å². The molecule has 0 unspecified atom stereocenters. The number of nitrogens with zero attached hydrogens (tertiary/aromatic N) is 5. The fourth-order valence-electron chi connectivity index (χ4n) is 4.04. The zero-order valence-corrected chi connectivity index (χ0v) is 21.0. The van der Waals surface area contributed by atoms with Crippen LogP contribution in [0.15, 0.2) is 36.5 Å². The second-order valence-electron chi connectivity index (χ2n) is 8.57. The van der Waals surface area contributed by atoms with E-state index in [1.54, 1.807) is 29.3 Å². The van der Waals surface area contributed by atoms with Gasteiger partial charge in [0.2, 0.25) is 5.88 Å². The number of hydrogen-bond acceptors (Lipinski definition) is 6. The van der Waals surface area contributed by atoms with Crippen LogP contribution < -0.4 is 14.5 Å². The summed E-state index contributed by atoms with van der Waals surface area (Å²) in [5, 5.41) is 9.72. The van der Waals surface area contributed by atoms with Crippen molar-refractivity contribution >= 4 is 58.6 Å². The van der Waals surface area contributed by atoms with Gasteiger partial charge in [0.25, 0.3) is 5.91 Å². The first-order valence-electron chi connectivity index (χ1n) is 10.4. The van der Waals surface area contributed by atoms with Crippen LogP contribution in [-0.4, -0.2) is 52.7 Å². The van der Waals surface area contributed by atoms with Gasteiger partial charge >= 0.3 is 0 Å². The Bertz CT molecular complexity index is 1100. The third-order valence-corrected chi connectivity index (χ3v) is 6.61. The lowest BCUT2D eigenvalue weighted by atomic mass is 10.0. The molecule has 33 heavy (non-hydrogen) atoms. The molecule has 174 valence electrons. The summed E-state index contributed by atoms with van der Waals surface area (Å²) >= 11 is 11.9. The van der Waals surface area contributed by atoms with Crippen LogP contribution in [0.4, 0.5) is 11.4 Å². The molecule has 2 fully saturated rings. The van der Waals surface area contributed by atoms with E-state index >= 15 is 0 Å². The molecule has 0 radical (unpaired) electrons. The number of likely N-dealkylation sites (tertiary alicyclic amines) is 1. The summed E-state index contributed by atoms with van der Waals surface area (Å²) in [5.41, 5.74) is 0.643. The van der Waals surface area contributed by atoms with E-state index in [-0.39, 0.29) is 29.4 Å². The lowest BCUT2D eigenvalue weighted by Crippen LogP contribution is -2.44. The molecule has 2 aliphatic rings. The first kappa shape index (κ1) is 25.2. The second-order valence-corrected chi connectivity index (χ2v) is 9.34. The highest BCUT2D eigenvalue weighted by Crippen LogP contribution is 2.37. The van der Waals surface area contributed by atoms with E-state index in [1.165, 1.54) is 4.90 Å². The van der Waals surface area contributed by atoms with Gasteiger partial charge in [-0.3, -0.25) is 9.69 Å². The van der Waals surface area contributed by atoms with Crippen LogP contribution in [0.5, 0.6) is 5.88 Å². The molecule has 2 saturated heterocycles. The predicted molar refractivity (Wildman–Crippen MR) is 135 cm³/mol. The Kier molecular flexibility index (Phi) is 7.49. The molecule has 4 rings (SSSR count). The molecule has 0 bridgehead atoms. The number of carbonyl (C=O) groups excluding carboxylic acids is 1. The minimum atomic E-state index is -0.921. The SMILES string of the molecule is CN1CCC(Oc2ccc(N3C(=S)N(c4ccc(C#N)c(Cl)c4)C(=O)C3(C)C)cn2)CC1.Cl. The number of nitriles is 1. The van der Waals surface area contributed by atoms with Crippen LogP contribution in [-0.2, 0) is 4.79 Å². The second kappa shape index (κ2) is 9.82. The molecule has 1 aromatic carbocycles. The van der Waals surface area contributed by atoms with Gasteiger partial charge in [0, 0.05) is 19.2 Å². The van der Waals surface area contributed by atoms with Crippen LogP contribution in [0.3, 0.4) is 0 Å². The Labute approximate surface area is 210 Å². The number of ether oxygens (including phenoxy) is 1. The Morgan fingerprint density at radius 1 is 1.21 bits per heavy atom. The molecular weight excluding hydrogens is 481 g/mol. The normalized spacial score (nSPS) is 18.8. The van der Waals surface area contributed by atoms with Crippen molar-refractivity contribution in [2.24, 2.45) is 0 Å². The molecule has 0 atom stereocenters. The van der Waals surface area contributed by atoms with Crippen LogP contribution in [0, 0.1) is 11.3 Å². The molecule has 2 aromatic rings. The van der Waals surface area contributed by atoms with Crippen LogP contribution in [0.2, 0.25) is 5.02 Å². The first-order valence-corrected chi connectivity index (χ1v) is 11.2. The number of hydrogen-bond donors (Lipinski definition) is 0. The number of thiocarbonyl (C=S) groups is 1. The van der Waals surface area contributed by atoms with Gasteiger partial charge in [0.1, 0.15) is 17.7 Å². The number of amides is 1. The smallest absolute Gasteiger partial charge is 0.259 e. The van der Waals surface area contributed by atoms with Gasteiger partial charge in [-0.05, 0) is 70.2 Å². The van der Waals surface area contributed by atoms with Gasteiger partial charge in [0.15, 0.2) is 5.11 Å². The highest BCUT2D eigenvalue weighted by atomic mass is 35.5. The quantitative estimate of drug-likeness (QED) is 0.569. The fraction of sp³-hybridized carbons (Fsp3) is 0.391. The van der Waals surface area contributed by atoms with Crippen molar-refractivity contribution in [3.8, 4) is 11.9 Å². The van der Waals surface area contributed by atoms with E-state index in [0.29, 0.717) is 27.9 Å². The maximum atomic E-state index is 13.3. The lowest BCUT2D eigenvalue weighted by molar-refractivity contribution is -0.120. The van der Waals surface area contributed by atoms with Crippen molar-refractivity contribution in [1.29, 1.82) is 5.26 Å². The minimum absolute atomic E-state index is 0. The number of aromatic nitrogens is 1. The number of carbonyl (C=O) groups is 1. The topological polar surface area (TPSA) is 72.7 Å². The molecule has 3 heterocycles. The average molecular weight is 506 g/mol. The number of anilines is 2. The summed E-state index contributed by atoms with van der Waals surface area (Å²) in [6.07, 6.45) is 3.78. The standard InChI is InChI=1S/C23H24ClN5O2S.ClH/c1-23(2)21(30)28(16-5-4-15(13-25)19(24)12-16)22(32)29(23)17-6-7-20(26-14-17)31-18-8-10-27(3)11-9-18;/h4-7,12,14,18H,8-11H2,1-3H3;1H. The highest BCUT2D eigenvalue weighted by molar-refractivity contribution is 7.81. The van der Waals surface area contributed by atoms with Gasteiger partial charge in [-0.1, -0.05) is 11.6 Å². The molecule has 10 heteroatoms. The maximum Gasteiger partial charge on any atom is 0.259 e. The summed E-state index contributed by atoms with van der Waals surface area (Å²) in [4.78, 5) is 23.3.